The van der Waals surface area contributed by atoms with Crippen LogP contribution in [0.25, 0.3) is 6.08 Å². The number of amides is 2. The highest BCUT2D eigenvalue weighted by atomic mass is 32.1. The standard InChI is InChI=1S/C24H24N2O3S/c1-17-8-10-20(11-9-17)29-13-12-25-24(28)22(16-21-7-4-14-30-21)26-23(27)19-6-3-5-18(2)15-19/h3-11,14-16H,12-13H2,1-2H3,(H,25,28)(H,26,27)/b22-16-. The molecule has 0 spiro atoms. The minimum absolute atomic E-state index is 0.194. The molecule has 2 aromatic carbocycles. The maximum absolute atomic E-state index is 12.7. The van der Waals surface area contributed by atoms with Crippen LogP contribution in [0.3, 0.4) is 0 Å². The average Bonchev–Trinajstić information content (AvgIpc) is 3.25. The fourth-order valence-corrected chi connectivity index (χ4v) is 3.38. The highest BCUT2D eigenvalue weighted by Gasteiger charge is 2.15. The van der Waals surface area contributed by atoms with Crippen LogP contribution in [0.4, 0.5) is 0 Å². The van der Waals surface area contributed by atoms with E-state index in [2.05, 4.69) is 10.6 Å². The summed E-state index contributed by atoms with van der Waals surface area (Å²) >= 11 is 1.49. The van der Waals surface area contributed by atoms with E-state index in [9.17, 15) is 9.59 Å². The number of ether oxygens (including phenoxy) is 1. The van der Waals surface area contributed by atoms with Gasteiger partial charge in [0.05, 0.1) is 6.54 Å². The van der Waals surface area contributed by atoms with Crippen molar-refractivity contribution in [2.24, 2.45) is 0 Å². The van der Waals surface area contributed by atoms with Gasteiger partial charge < -0.3 is 15.4 Å². The summed E-state index contributed by atoms with van der Waals surface area (Å²) in [7, 11) is 0. The highest BCUT2D eigenvalue weighted by molar-refractivity contribution is 7.10. The Hall–Kier alpha value is -3.38. The molecule has 0 unspecified atom stereocenters. The second-order valence-corrected chi connectivity index (χ2v) is 7.79. The molecule has 3 rings (SSSR count). The molecule has 0 saturated carbocycles. The van der Waals surface area contributed by atoms with Gasteiger partial charge in [0.1, 0.15) is 18.1 Å². The third kappa shape index (κ3) is 6.32. The van der Waals surface area contributed by atoms with Gasteiger partial charge in [0.25, 0.3) is 11.8 Å². The smallest absolute Gasteiger partial charge is 0.267 e. The summed E-state index contributed by atoms with van der Waals surface area (Å²) in [6, 6.07) is 18.7. The molecule has 1 heterocycles. The van der Waals surface area contributed by atoms with Gasteiger partial charge in [-0.05, 0) is 55.6 Å². The molecular formula is C24H24N2O3S. The minimum Gasteiger partial charge on any atom is -0.492 e. The van der Waals surface area contributed by atoms with Gasteiger partial charge in [0.2, 0.25) is 0 Å². The van der Waals surface area contributed by atoms with Crippen LogP contribution in [-0.2, 0) is 4.79 Å². The Morgan fingerprint density at radius 2 is 1.80 bits per heavy atom. The number of carbonyl (C=O) groups is 2. The predicted octanol–water partition coefficient (Wildman–Crippen LogP) is 4.33. The Morgan fingerprint density at radius 1 is 1.00 bits per heavy atom. The summed E-state index contributed by atoms with van der Waals surface area (Å²) in [5.41, 5.74) is 2.83. The lowest BCUT2D eigenvalue weighted by atomic mass is 10.1. The van der Waals surface area contributed by atoms with E-state index >= 15 is 0 Å². The molecule has 30 heavy (non-hydrogen) atoms. The zero-order chi connectivity index (χ0) is 21.3. The first-order valence-corrected chi connectivity index (χ1v) is 10.5. The number of hydrogen-bond donors (Lipinski definition) is 2. The maximum Gasteiger partial charge on any atom is 0.267 e. The van der Waals surface area contributed by atoms with Gasteiger partial charge in [-0.1, -0.05) is 41.5 Å². The van der Waals surface area contributed by atoms with Crippen molar-refractivity contribution in [2.45, 2.75) is 13.8 Å². The van der Waals surface area contributed by atoms with Gasteiger partial charge in [0, 0.05) is 10.4 Å². The van der Waals surface area contributed by atoms with E-state index in [4.69, 9.17) is 4.74 Å². The number of rotatable bonds is 8. The monoisotopic (exact) mass is 420 g/mol. The maximum atomic E-state index is 12.7. The number of nitrogens with one attached hydrogen (secondary N) is 2. The topological polar surface area (TPSA) is 67.4 Å². The van der Waals surface area contributed by atoms with Crippen LogP contribution in [0.1, 0.15) is 26.4 Å². The van der Waals surface area contributed by atoms with Crippen molar-refractivity contribution in [1.29, 1.82) is 0 Å². The van der Waals surface area contributed by atoms with E-state index in [0.29, 0.717) is 18.7 Å². The molecule has 0 aliphatic carbocycles. The summed E-state index contributed by atoms with van der Waals surface area (Å²) in [6.07, 6.45) is 1.68. The molecule has 1 aromatic heterocycles. The van der Waals surface area contributed by atoms with Crippen molar-refractivity contribution in [3.8, 4) is 5.75 Å². The van der Waals surface area contributed by atoms with Crippen molar-refractivity contribution in [3.05, 3.63) is 93.3 Å². The van der Waals surface area contributed by atoms with Crippen molar-refractivity contribution in [1.82, 2.24) is 10.6 Å². The zero-order valence-electron chi connectivity index (χ0n) is 17.0. The Morgan fingerprint density at radius 3 is 2.50 bits per heavy atom. The number of carbonyl (C=O) groups excluding carboxylic acids is 2. The summed E-state index contributed by atoms with van der Waals surface area (Å²) < 4.78 is 5.64. The Balaban J connectivity index is 1.62. The third-order valence-corrected chi connectivity index (χ3v) is 5.10. The SMILES string of the molecule is Cc1ccc(OCCNC(=O)/C(=C/c2cccs2)NC(=O)c2cccc(C)c2)cc1. The highest BCUT2D eigenvalue weighted by Crippen LogP contribution is 2.14. The molecule has 154 valence electrons. The molecule has 0 atom stereocenters. The minimum atomic E-state index is -0.364. The quantitative estimate of drug-likeness (QED) is 0.421. The van der Waals surface area contributed by atoms with Crippen LogP contribution in [0, 0.1) is 13.8 Å². The van der Waals surface area contributed by atoms with Crippen molar-refractivity contribution >= 4 is 29.2 Å². The van der Waals surface area contributed by atoms with Crippen molar-refractivity contribution < 1.29 is 14.3 Å². The van der Waals surface area contributed by atoms with Gasteiger partial charge in [-0.2, -0.15) is 0 Å². The lowest BCUT2D eigenvalue weighted by Crippen LogP contribution is -2.36. The van der Waals surface area contributed by atoms with E-state index in [0.717, 1.165) is 21.8 Å². The predicted molar refractivity (Wildman–Crippen MR) is 121 cm³/mol. The second-order valence-electron chi connectivity index (χ2n) is 6.81. The summed E-state index contributed by atoms with van der Waals surface area (Å²) in [4.78, 5) is 26.2. The van der Waals surface area contributed by atoms with E-state index in [-0.39, 0.29) is 17.5 Å². The second kappa shape index (κ2) is 10.4. The van der Waals surface area contributed by atoms with Gasteiger partial charge in [-0.25, -0.2) is 0 Å². The van der Waals surface area contributed by atoms with E-state index in [1.165, 1.54) is 11.3 Å². The largest absolute Gasteiger partial charge is 0.492 e. The lowest BCUT2D eigenvalue weighted by molar-refractivity contribution is -0.117. The van der Waals surface area contributed by atoms with Crippen LogP contribution in [0.15, 0.2) is 71.7 Å². The molecule has 0 saturated heterocycles. The normalized spacial score (nSPS) is 11.1. The molecule has 0 radical (unpaired) electrons. The number of aryl methyl sites for hydroxylation is 2. The molecule has 0 aliphatic heterocycles. The molecule has 5 nitrogen and oxygen atoms in total. The van der Waals surface area contributed by atoms with E-state index < -0.39 is 0 Å². The molecule has 0 fully saturated rings. The average molecular weight is 421 g/mol. The van der Waals surface area contributed by atoms with Crippen molar-refractivity contribution in [2.75, 3.05) is 13.2 Å². The first-order valence-electron chi connectivity index (χ1n) is 9.62. The first kappa shape index (κ1) is 21.3. The van der Waals surface area contributed by atoms with Gasteiger partial charge in [-0.15, -0.1) is 11.3 Å². The van der Waals surface area contributed by atoms with Gasteiger partial charge in [0.15, 0.2) is 0 Å². The molecule has 0 aliphatic rings. The van der Waals surface area contributed by atoms with Crippen LogP contribution in [0.5, 0.6) is 5.75 Å². The Labute approximate surface area is 180 Å². The number of hydrogen-bond acceptors (Lipinski definition) is 4. The van der Waals surface area contributed by atoms with E-state index in [1.807, 2.05) is 67.8 Å². The molecule has 3 aromatic rings. The van der Waals surface area contributed by atoms with Crippen LogP contribution >= 0.6 is 11.3 Å². The molecular weight excluding hydrogens is 396 g/mol. The van der Waals surface area contributed by atoms with E-state index in [1.54, 1.807) is 18.2 Å². The fraction of sp³-hybridized carbons (Fsp3) is 0.167. The molecule has 2 N–H and O–H groups in total. The van der Waals surface area contributed by atoms with Crippen LogP contribution < -0.4 is 15.4 Å². The Kier molecular flexibility index (Phi) is 7.40. The van der Waals surface area contributed by atoms with Gasteiger partial charge in [-0.3, -0.25) is 9.59 Å². The molecule has 6 heteroatoms. The Bertz CT molecular complexity index is 1020. The molecule has 0 bridgehead atoms. The molecule has 2 amide bonds. The van der Waals surface area contributed by atoms with Crippen LogP contribution in [0.2, 0.25) is 0 Å². The summed E-state index contributed by atoms with van der Waals surface area (Å²) in [5, 5.41) is 7.46. The van der Waals surface area contributed by atoms with Crippen molar-refractivity contribution in [3.63, 3.8) is 0 Å². The number of benzene rings is 2. The lowest BCUT2D eigenvalue weighted by Gasteiger charge is -2.12. The number of thiophene rings is 1. The summed E-state index contributed by atoms with van der Waals surface area (Å²) in [6.45, 7) is 4.57. The van der Waals surface area contributed by atoms with Gasteiger partial charge >= 0.3 is 0 Å². The summed E-state index contributed by atoms with van der Waals surface area (Å²) in [5.74, 6) is 0.0569. The third-order valence-electron chi connectivity index (χ3n) is 4.28. The fourth-order valence-electron chi connectivity index (χ4n) is 2.72. The van der Waals surface area contributed by atoms with Crippen LogP contribution in [-0.4, -0.2) is 25.0 Å². The zero-order valence-corrected chi connectivity index (χ0v) is 17.8. The first-order chi connectivity index (χ1) is 14.5.